The van der Waals surface area contributed by atoms with Crippen LogP contribution in [0, 0.1) is 5.92 Å². The van der Waals surface area contributed by atoms with E-state index in [0.717, 1.165) is 12.3 Å². The third-order valence-electron chi connectivity index (χ3n) is 4.62. The van der Waals surface area contributed by atoms with Crippen molar-refractivity contribution in [2.45, 2.75) is 110 Å². The summed E-state index contributed by atoms with van der Waals surface area (Å²) in [4.78, 5) is 10.2. The van der Waals surface area contributed by atoms with Gasteiger partial charge in [0, 0.05) is 0 Å². The molecule has 1 radical (unpaired) electrons. The van der Waals surface area contributed by atoms with Gasteiger partial charge in [-0.15, -0.1) is 0 Å². The van der Waals surface area contributed by atoms with Crippen LogP contribution >= 0.6 is 0 Å². The predicted octanol–water partition coefficient (Wildman–Crippen LogP) is 6.58. The van der Waals surface area contributed by atoms with E-state index in [1.54, 1.807) is 6.47 Å². The van der Waals surface area contributed by atoms with Crippen molar-refractivity contribution in [3.8, 4) is 0 Å². The average Bonchev–Trinajstić information content (AvgIpc) is 2.53. The largest absolute Gasteiger partial charge is 0.457 e. The Bertz CT molecular complexity index is 216. The number of hydrogen-bond acceptors (Lipinski definition) is 2. The lowest BCUT2D eigenvalue weighted by Gasteiger charge is -2.16. The summed E-state index contributed by atoms with van der Waals surface area (Å²) >= 11 is 0. The van der Waals surface area contributed by atoms with E-state index in [0.29, 0.717) is 6.61 Å². The second kappa shape index (κ2) is 18.5. The summed E-state index contributed by atoms with van der Waals surface area (Å²) in [6.07, 6.45) is 20.0. The Balaban J connectivity index is 3.65. The van der Waals surface area contributed by atoms with Gasteiger partial charge in [-0.3, -0.25) is 0 Å². The first-order chi connectivity index (χ1) is 10.8. The molecule has 0 spiro atoms. The van der Waals surface area contributed by atoms with Gasteiger partial charge >= 0.3 is 6.47 Å². The fourth-order valence-electron chi connectivity index (χ4n) is 3.13. The van der Waals surface area contributed by atoms with Gasteiger partial charge in [0.1, 0.15) is 0 Å². The molecule has 0 aromatic heterocycles. The number of unbranched alkanes of at least 4 members (excludes halogenated alkanes) is 10. The molecule has 0 aromatic carbocycles. The molecule has 2 heteroatoms. The van der Waals surface area contributed by atoms with E-state index in [2.05, 4.69) is 13.8 Å². The van der Waals surface area contributed by atoms with Crippen LogP contribution in [0.4, 0.5) is 0 Å². The number of rotatable bonds is 18. The van der Waals surface area contributed by atoms with E-state index >= 15 is 0 Å². The molecule has 1 unspecified atom stereocenters. The van der Waals surface area contributed by atoms with Crippen LogP contribution in [0.5, 0.6) is 0 Å². The molecule has 0 saturated carbocycles. The molecule has 22 heavy (non-hydrogen) atoms. The quantitative estimate of drug-likeness (QED) is 0.267. The van der Waals surface area contributed by atoms with Gasteiger partial charge in [-0.05, 0) is 12.3 Å². The van der Waals surface area contributed by atoms with Crippen molar-refractivity contribution < 1.29 is 9.53 Å². The molecule has 2 nitrogen and oxygen atoms in total. The van der Waals surface area contributed by atoms with Gasteiger partial charge in [-0.1, -0.05) is 104 Å². The average molecular weight is 312 g/mol. The first-order valence-corrected chi connectivity index (χ1v) is 9.84. The minimum Gasteiger partial charge on any atom is -0.457 e. The highest BCUT2D eigenvalue weighted by Crippen LogP contribution is 2.22. The summed E-state index contributed by atoms with van der Waals surface area (Å²) in [6.45, 7) is 6.64. The van der Waals surface area contributed by atoms with Crippen LogP contribution in [-0.2, 0) is 9.53 Å². The maximum Gasteiger partial charge on any atom is 0.417 e. The molecule has 0 fully saturated rings. The molecule has 0 aliphatic carbocycles. The molecular formula is C20H39O2. The van der Waals surface area contributed by atoms with E-state index < -0.39 is 0 Å². The minimum atomic E-state index is 0.555. The monoisotopic (exact) mass is 311 g/mol. The van der Waals surface area contributed by atoms with Crippen LogP contribution in [-0.4, -0.2) is 13.1 Å². The summed E-state index contributed by atoms with van der Waals surface area (Å²) in [5.74, 6) is 0.741. The summed E-state index contributed by atoms with van der Waals surface area (Å²) in [5.41, 5.74) is 0. The van der Waals surface area contributed by atoms with Gasteiger partial charge in [-0.2, -0.15) is 0 Å². The standard InChI is InChI=1S/C20H39O2/c1-3-5-7-9-10-12-14-16-20(17-18-22-19-21)15-13-11-8-6-4-2/h20H,3-18H2,1-2H3. The molecule has 0 aliphatic heterocycles. The Hall–Kier alpha value is -0.530. The highest BCUT2D eigenvalue weighted by atomic mass is 16.5. The van der Waals surface area contributed by atoms with Crippen LogP contribution in [0.3, 0.4) is 0 Å². The Morgan fingerprint density at radius 3 is 1.59 bits per heavy atom. The molecule has 0 aromatic rings. The molecule has 1 atom stereocenters. The van der Waals surface area contributed by atoms with E-state index in [1.807, 2.05) is 0 Å². The highest BCUT2D eigenvalue weighted by molar-refractivity contribution is 5.38. The maximum atomic E-state index is 10.2. The molecule has 0 N–H and O–H groups in total. The van der Waals surface area contributed by atoms with Crippen LogP contribution in [0.25, 0.3) is 0 Å². The fraction of sp³-hybridized carbons (Fsp3) is 0.950. The molecular weight excluding hydrogens is 272 g/mol. The van der Waals surface area contributed by atoms with Crippen molar-refractivity contribution in [1.29, 1.82) is 0 Å². The zero-order chi connectivity index (χ0) is 16.3. The van der Waals surface area contributed by atoms with Crippen molar-refractivity contribution in [2.24, 2.45) is 5.92 Å². The van der Waals surface area contributed by atoms with Gasteiger partial charge in [0.2, 0.25) is 0 Å². The van der Waals surface area contributed by atoms with Crippen molar-refractivity contribution in [3.63, 3.8) is 0 Å². The normalized spacial score (nSPS) is 12.3. The van der Waals surface area contributed by atoms with Gasteiger partial charge in [0.25, 0.3) is 0 Å². The summed E-state index contributed by atoms with van der Waals surface area (Å²) in [5, 5.41) is 0. The molecule has 0 bridgehead atoms. The Labute approximate surface area is 139 Å². The lowest BCUT2D eigenvalue weighted by Crippen LogP contribution is -2.06. The van der Waals surface area contributed by atoms with Gasteiger partial charge < -0.3 is 4.74 Å². The van der Waals surface area contributed by atoms with Crippen molar-refractivity contribution in [1.82, 2.24) is 0 Å². The Morgan fingerprint density at radius 1 is 0.682 bits per heavy atom. The van der Waals surface area contributed by atoms with E-state index in [9.17, 15) is 4.79 Å². The van der Waals surface area contributed by atoms with Crippen molar-refractivity contribution in [3.05, 3.63) is 0 Å². The summed E-state index contributed by atoms with van der Waals surface area (Å²) < 4.78 is 4.78. The third-order valence-corrected chi connectivity index (χ3v) is 4.62. The zero-order valence-corrected chi connectivity index (χ0v) is 15.2. The smallest absolute Gasteiger partial charge is 0.417 e. The SMILES string of the molecule is CCCCCCCCCC(CCCCCCC)CCO[C]=O. The van der Waals surface area contributed by atoms with Gasteiger partial charge in [0.05, 0.1) is 6.61 Å². The van der Waals surface area contributed by atoms with Crippen LogP contribution < -0.4 is 0 Å². The first kappa shape index (κ1) is 21.5. The van der Waals surface area contributed by atoms with Crippen LogP contribution in [0.2, 0.25) is 0 Å². The Morgan fingerprint density at radius 2 is 1.14 bits per heavy atom. The third kappa shape index (κ3) is 15.9. The van der Waals surface area contributed by atoms with Gasteiger partial charge in [-0.25, -0.2) is 4.79 Å². The number of carbonyl (C=O) groups excluding carboxylic acids is 1. The molecule has 131 valence electrons. The molecule has 0 amide bonds. The van der Waals surface area contributed by atoms with E-state index in [4.69, 9.17) is 4.74 Å². The molecule has 0 aliphatic rings. The Kier molecular flexibility index (Phi) is 18.1. The summed E-state index contributed by atoms with van der Waals surface area (Å²) in [6, 6.07) is 0. The topological polar surface area (TPSA) is 26.3 Å². The summed E-state index contributed by atoms with van der Waals surface area (Å²) in [7, 11) is 0. The molecule has 0 rings (SSSR count). The fourth-order valence-corrected chi connectivity index (χ4v) is 3.13. The molecule has 0 saturated heterocycles. The van der Waals surface area contributed by atoms with E-state index in [1.165, 1.54) is 89.9 Å². The second-order valence-corrected chi connectivity index (χ2v) is 6.70. The number of hydrogen-bond donors (Lipinski definition) is 0. The highest BCUT2D eigenvalue weighted by Gasteiger charge is 2.09. The second-order valence-electron chi connectivity index (χ2n) is 6.70. The van der Waals surface area contributed by atoms with E-state index in [-0.39, 0.29) is 0 Å². The maximum absolute atomic E-state index is 10.2. The predicted molar refractivity (Wildman–Crippen MR) is 95.7 cm³/mol. The van der Waals surface area contributed by atoms with Crippen molar-refractivity contribution in [2.75, 3.05) is 6.61 Å². The van der Waals surface area contributed by atoms with Crippen molar-refractivity contribution >= 4 is 6.47 Å². The zero-order valence-electron chi connectivity index (χ0n) is 15.2. The lowest BCUT2D eigenvalue weighted by atomic mass is 9.92. The van der Waals surface area contributed by atoms with Gasteiger partial charge in [0.15, 0.2) is 0 Å². The first-order valence-electron chi connectivity index (χ1n) is 9.84. The molecule has 0 heterocycles. The number of ether oxygens (including phenoxy) is 1. The van der Waals surface area contributed by atoms with Crippen LogP contribution in [0.1, 0.15) is 110 Å². The van der Waals surface area contributed by atoms with Crippen LogP contribution in [0.15, 0.2) is 0 Å². The minimum absolute atomic E-state index is 0.555. The lowest BCUT2D eigenvalue weighted by molar-refractivity contribution is 0.235.